The fraction of sp³-hybridized carbons (Fsp3) is 0.400. The number of nitrogens with zero attached hydrogens (tertiary/aromatic N) is 2. The number of hydrogen-bond donors (Lipinski definition) is 1. The Morgan fingerprint density at radius 2 is 2.56 bits per heavy atom. The van der Waals surface area contributed by atoms with E-state index in [1.165, 1.54) is 0 Å². The summed E-state index contributed by atoms with van der Waals surface area (Å²) in [4.78, 5) is 0. The minimum atomic E-state index is 0.571. The monoisotopic (exact) mass is 145 g/mol. The molecule has 0 amide bonds. The van der Waals surface area contributed by atoms with Crippen molar-refractivity contribution in [2.75, 3.05) is 6.54 Å². The zero-order valence-corrected chi connectivity index (χ0v) is 5.67. The first-order valence-corrected chi connectivity index (χ1v) is 3.10. The van der Waals surface area contributed by atoms with Crippen LogP contribution < -0.4 is 5.73 Å². The van der Waals surface area contributed by atoms with Gasteiger partial charge < -0.3 is 5.73 Å². The van der Waals surface area contributed by atoms with Gasteiger partial charge in [0.25, 0.3) is 0 Å². The van der Waals surface area contributed by atoms with Gasteiger partial charge in [0.1, 0.15) is 5.15 Å². The summed E-state index contributed by atoms with van der Waals surface area (Å²) in [5, 5.41) is 4.55. The fourth-order valence-corrected chi connectivity index (χ4v) is 0.788. The quantitative estimate of drug-likeness (QED) is 0.659. The van der Waals surface area contributed by atoms with Crippen LogP contribution in [0.3, 0.4) is 0 Å². The SMILES string of the molecule is NCCn1nccc1Cl. The highest BCUT2D eigenvalue weighted by molar-refractivity contribution is 6.29. The van der Waals surface area contributed by atoms with E-state index in [-0.39, 0.29) is 0 Å². The summed E-state index contributed by atoms with van der Waals surface area (Å²) in [6.45, 7) is 1.26. The lowest BCUT2D eigenvalue weighted by Crippen LogP contribution is -2.10. The standard InChI is InChI=1S/C5H8ClN3/c6-5-1-3-8-9(5)4-2-7/h1,3H,2,4,7H2. The number of halogens is 1. The van der Waals surface area contributed by atoms with Crippen molar-refractivity contribution in [3.63, 3.8) is 0 Å². The van der Waals surface area contributed by atoms with E-state index in [1.54, 1.807) is 16.9 Å². The van der Waals surface area contributed by atoms with Crippen LogP contribution in [0, 0.1) is 0 Å². The number of hydrogen-bond acceptors (Lipinski definition) is 2. The summed E-state index contributed by atoms with van der Waals surface area (Å²) in [7, 11) is 0. The second-order valence-corrected chi connectivity index (χ2v) is 2.05. The summed E-state index contributed by atoms with van der Waals surface area (Å²) < 4.78 is 1.65. The second-order valence-electron chi connectivity index (χ2n) is 1.67. The second kappa shape index (κ2) is 2.85. The lowest BCUT2D eigenvalue weighted by atomic mass is 10.6. The minimum absolute atomic E-state index is 0.571. The molecule has 0 fully saturated rings. The molecule has 0 aliphatic rings. The largest absolute Gasteiger partial charge is 0.329 e. The molecule has 0 aliphatic heterocycles. The van der Waals surface area contributed by atoms with Crippen LogP contribution in [0.1, 0.15) is 0 Å². The molecule has 0 unspecified atom stereocenters. The third-order valence-corrected chi connectivity index (χ3v) is 1.33. The Labute approximate surface area is 58.4 Å². The predicted molar refractivity (Wildman–Crippen MR) is 36.3 cm³/mol. The van der Waals surface area contributed by atoms with Gasteiger partial charge in [0.05, 0.1) is 12.7 Å². The van der Waals surface area contributed by atoms with Gasteiger partial charge >= 0.3 is 0 Å². The summed E-state index contributed by atoms with van der Waals surface area (Å²) in [6, 6.07) is 1.73. The highest BCUT2D eigenvalue weighted by Crippen LogP contribution is 2.04. The average Bonchev–Trinajstić information content (AvgIpc) is 2.18. The number of aromatic nitrogens is 2. The van der Waals surface area contributed by atoms with E-state index in [0.29, 0.717) is 18.2 Å². The van der Waals surface area contributed by atoms with Gasteiger partial charge in [-0.15, -0.1) is 0 Å². The van der Waals surface area contributed by atoms with E-state index >= 15 is 0 Å². The van der Waals surface area contributed by atoms with E-state index in [4.69, 9.17) is 17.3 Å². The summed E-state index contributed by atoms with van der Waals surface area (Å²) in [6.07, 6.45) is 1.65. The van der Waals surface area contributed by atoms with E-state index < -0.39 is 0 Å². The molecule has 1 aromatic heterocycles. The molecule has 0 saturated heterocycles. The predicted octanol–water partition coefficient (Wildman–Crippen LogP) is 0.495. The minimum Gasteiger partial charge on any atom is -0.329 e. The van der Waals surface area contributed by atoms with Gasteiger partial charge in [0, 0.05) is 6.54 Å². The molecule has 1 aromatic rings. The Morgan fingerprint density at radius 1 is 1.78 bits per heavy atom. The molecule has 9 heavy (non-hydrogen) atoms. The molecule has 0 aromatic carbocycles. The van der Waals surface area contributed by atoms with Crippen molar-refractivity contribution in [2.24, 2.45) is 5.73 Å². The zero-order valence-electron chi connectivity index (χ0n) is 4.92. The lowest BCUT2D eigenvalue weighted by Gasteiger charge is -1.96. The Morgan fingerprint density at radius 3 is 3.00 bits per heavy atom. The third-order valence-electron chi connectivity index (χ3n) is 1.01. The molecule has 1 heterocycles. The van der Waals surface area contributed by atoms with Crippen LogP contribution in [-0.2, 0) is 6.54 Å². The van der Waals surface area contributed by atoms with Gasteiger partial charge in [-0.2, -0.15) is 5.10 Å². The molecule has 1 rings (SSSR count). The van der Waals surface area contributed by atoms with Crippen molar-refractivity contribution in [3.05, 3.63) is 17.4 Å². The lowest BCUT2D eigenvalue weighted by molar-refractivity contribution is 0.626. The molecule has 0 saturated carbocycles. The van der Waals surface area contributed by atoms with Gasteiger partial charge in [-0.3, -0.25) is 4.68 Å². The highest BCUT2D eigenvalue weighted by atomic mass is 35.5. The molecule has 50 valence electrons. The van der Waals surface area contributed by atoms with Gasteiger partial charge in [-0.1, -0.05) is 11.6 Å². The normalized spacial score (nSPS) is 10.0. The molecule has 0 aliphatic carbocycles. The topological polar surface area (TPSA) is 43.8 Å². The van der Waals surface area contributed by atoms with Gasteiger partial charge in [0.15, 0.2) is 0 Å². The molecule has 0 bridgehead atoms. The molecule has 0 radical (unpaired) electrons. The first-order chi connectivity index (χ1) is 4.34. The van der Waals surface area contributed by atoms with E-state index in [9.17, 15) is 0 Å². The molecule has 4 heteroatoms. The maximum absolute atomic E-state index is 5.66. The van der Waals surface area contributed by atoms with Gasteiger partial charge in [0.2, 0.25) is 0 Å². The summed E-state index contributed by atoms with van der Waals surface area (Å²) >= 11 is 5.66. The molecule has 0 atom stereocenters. The number of rotatable bonds is 2. The first kappa shape index (κ1) is 6.58. The Kier molecular flexibility index (Phi) is 2.08. The summed E-state index contributed by atoms with van der Waals surface area (Å²) in [5.41, 5.74) is 5.27. The van der Waals surface area contributed by atoms with Crippen molar-refractivity contribution in [3.8, 4) is 0 Å². The molecule has 0 spiro atoms. The van der Waals surface area contributed by atoms with Crippen LogP contribution in [0.25, 0.3) is 0 Å². The third kappa shape index (κ3) is 1.43. The average molecular weight is 146 g/mol. The van der Waals surface area contributed by atoms with Crippen LogP contribution >= 0.6 is 11.6 Å². The highest BCUT2D eigenvalue weighted by Gasteiger charge is 1.94. The zero-order chi connectivity index (χ0) is 6.69. The van der Waals surface area contributed by atoms with Crippen molar-refractivity contribution in [1.82, 2.24) is 9.78 Å². The Bertz CT molecular complexity index is 184. The van der Waals surface area contributed by atoms with Crippen LogP contribution in [0.15, 0.2) is 12.3 Å². The first-order valence-electron chi connectivity index (χ1n) is 2.72. The van der Waals surface area contributed by atoms with Crippen LogP contribution in [0.2, 0.25) is 5.15 Å². The van der Waals surface area contributed by atoms with Gasteiger partial charge in [-0.25, -0.2) is 0 Å². The molecular formula is C5H8ClN3. The Balaban J connectivity index is 2.69. The van der Waals surface area contributed by atoms with E-state index in [0.717, 1.165) is 0 Å². The maximum Gasteiger partial charge on any atom is 0.127 e. The van der Waals surface area contributed by atoms with Gasteiger partial charge in [-0.05, 0) is 6.07 Å². The number of nitrogens with two attached hydrogens (primary N) is 1. The smallest absolute Gasteiger partial charge is 0.127 e. The molecule has 3 nitrogen and oxygen atoms in total. The molecular weight excluding hydrogens is 138 g/mol. The summed E-state index contributed by atoms with van der Waals surface area (Å²) in [5.74, 6) is 0. The van der Waals surface area contributed by atoms with Crippen LogP contribution in [0.5, 0.6) is 0 Å². The Hall–Kier alpha value is -0.540. The van der Waals surface area contributed by atoms with Crippen molar-refractivity contribution in [1.29, 1.82) is 0 Å². The van der Waals surface area contributed by atoms with Crippen molar-refractivity contribution >= 4 is 11.6 Å². The molecule has 2 N–H and O–H groups in total. The van der Waals surface area contributed by atoms with Crippen molar-refractivity contribution < 1.29 is 0 Å². The van der Waals surface area contributed by atoms with Crippen molar-refractivity contribution in [2.45, 2.75) is 6.54 Å². The van der Waals surface area contributed by atoms with E-state index in [2.05, 4.69) is 5.10 Å². The van der Waals surface area contributed by atoms with E-state index in [1.807, 2.05) is 0 Å². The van der Waals surface area contributed by atoms with Crippen LogP contribution in [0.4, 0.5) is 0 Å². The fourth-order valence-electron chi connectivity index (χ4n) is 0.603. The van der Waals surface area contributed by atoms with Crippen LogP contribution in [-0.4, -0.2) is 16.3 Å². The maximum atomic E-state index is 5.66.